The van der Waals surface area contributed by atoms with Gasteiger partial charge in [0.2, 0.25) is 21.7 Å². The predicted octanol–water partition coefficient (Wildman–Crippen LogP) is 3.07. The third-order valence-electron chi connectivity index (χ3n) is 3.21. The van der Waals surface area contributed by atoms with Gasteiger partial charge in [0.25, 0.3) is 0 Å². The summed E-state index contributed by atoms with van der Waals surface area (Å²) in [4.78, 5) is 4.35. The van der Waals surface area contributed by atoms with Crippen LogP contribution in [0.25, 0.3) is 11.4 Å². The molecule has 0 saturated carbocycles. The summed E-state index contributed by atoms with van der Waals surface area (Å²) < 4.78 is 31.7. The Kier molecular flexibility index (Phi) is 6.28. The Morgan fingerprint density at radius 2 is 1.96 bits per heavy atom. The number of hydrogen-bond donors (Lipinski definition) is 1. The third kappa shape index (κ3) is 5.58. The Balaban J connectivity index is 2.04. The fourth-order valence-corrected chi connectivity index (χ4v) is 3.65. The molecule has 0 aliphatic heterocycles. The summed E-state index contributed by atoms with van der Waals surface area (Å²) in [5.41, 5.74) is 1.51. The van der Waals surface area contributed by atoms with E-state index in [0.29, 0.717) is 23.7 Å². The van der Waals surface area contributed by atoms with Crippen LogP contribution < -0.4 is 4.72 Å². The zero-order chi connectivity index (χ0) is 17.6. The molecule has 2 rings (SSSR count). The lowest BCUT2D eigenvalue weighted by molar-refractivity contribution is 0.379. The fraction of sp³-hybridized carbons (Fsp3) is 0.412. The topological polar surface area (TPSA) is 85.1 Å². The van der Waals surface area contributed by atoms with Crippen LogP contribution in [0.5, 0.6) is 0 Å². The highest BCUT2D eigenvalue weighted by molar-refractivity contribution is 7.88. The Hall–Kier alpha value is -1.99. The van der Waals surface area contributed by atoms with Gasteiger partial charge in [-0.1, -0.05) is 41.6 Å². The number of nitrogens with one attached hydrogen (secondary N) is 1. The van der Waals surface area contributed by atoms with Crippen LogP contribution in [0.15, 0.2) is 40.9 Å². The molecule has 2 aromatic rings. The van der Waals surface area contributed by atoms with Gasteiger partial charge < -0.3 is 4.52 Å². The Morgan fingerprint density at radius 3 is 2.58 bits per heavy atom. The van der Waals surface area contributed by atoms with Gasteiger partial charge in [-0.15, -0.1) is 0 Å². The molecule has 0 fully saturated rings. The molecule has 0 unspecified atom stereocenters. The van der Waals surface area contributed by atoms with E-state index < -0.39 is 10.0 Å². The molecular weight excluding hydrogens is 326 g/mol. The van der Waals surface area contributed by atoms with Crippen molar-refractivity contribution in [2.75, 3.05) is 0 Å². The molecule has 1 heterocycles. The maximum absolute atomic E-state index is 11.9. The summed E-state index contributed by atoms with van der Waals surface area (Å²) in [5, 5.41) is 3.97. The molecule has 0 aliphatic carbocycles. The number of hydrogen-bond acceptors (Lipinski definition) is 5. The van der Waals surface area contributed by atoms with E-state index in [9.17, 15) is 8.42 Å². The zero-order valence-corrected chi connectivity index (χ0v) is 15.0. The number of rotatable bonds is 8. The SMILES string of the molecule is C/C=C/CCc1nc(-c2ccc(CS(=O)(=O)NC(C)C)cc2)no1. The van der Waals surface area contributed by atoms with Crippen LogP contribution in [0, 0.1) is 0 Å². The van der Waals surface area contributed by atoms with E-state index in [1.54, 1.807) is 38.1 Å². The standard InChI is InChI=1S/C17H23N3O3S/c1-4-5-6-7-16-18-17(19-23-16)15-10-8-14(9-11-15)12-24(21,22)20-13(2)3/h4-5,8-11,13,20H,6-7,12H2,1-3H3/b5-4+. The highest BCUT2D eigenvalue weighted by Gasteiger charge is 2.14. The first kappa shape index (κ1) is 18.4. The number of aromatic nitrogens is 2. The molecule has 1 N–H and O–H groups in total. The summed E-state index contributed by atoms with van der Waals surface area (Å²) in [5.74, 6) is 1.06. The lowest BCUT2D eigenvalue weighted by Gasteiger charge is -2.09. The number of sulfonamides is 1. The van der Waals surface area contributed by atoms with Crippen LogP contribution in [0.3, 0.4) is 0 Å². The molecule has 1 aromatic carbocycles. The molecule has 0 aliphatic rings. The maximum atomic E-state index is 11.9. The largest absolute Gasteiger partial charge is 0.339 e. The second-order valence-electron chi connectivity index (χ2n) is 5.85. The minimum Gasteiger partial charge on any atom is -0.339 e. The van der Waals surface area contributed by atoms with Gasteiger partial charge in [0.1, 0.15) is 0 Å². The fourth-order valence-electron chi connectivity index (χ4n) is 2.22. The minimum absolute atomic E-state index is 0.0493. The highest BCUT2D eigenvalue weighted by Crippen LogP contribution is 2.18. The predicted molar refractivity (Wildman–Crippen MR) is 93.8 cm³/mol. The first-order valence-corrected chi connectivity index (χ1v) is 9.58. The van der Waals surface area contributed by atoms with Crippen LogP contribution in [0.4, 0.5) is 0 Å². The van der Waals surface area contributed by atoms with E-state index in [-0.39, 0.29) is 11.8 Å². The second-order valence-corrected chi connectivity index (χ2v) is 7.60. The van der Waals surface area contributed by atoms with Gasteiger partial charge in [0, 0.05) is 18.0 Å². The molecule has 24 heavy (non-hydrogen) atoms. The summed E-state index contributed by atoms with van der Waals surface area (Å²) >= 11 is 0. The van der Waals surface area contributed by atoms with E-state index in [4.69, 9.17) is 4.52 Å². The summed E-state index contributed by atoms with van der Waals surface area (Å²) in [6.45, 7) is 5.56. The average Bonchev–Trinajstić information content (AvgIpc) is 2.95. The molecule has 0 spiro atoms. The van der Waals surface area contributed by atoms with Crippen molar-refractivity contribution in [2.24, 2.45) is 0 Å². The molecule has 0 bridgehead atoms. The molecule has 0 amide bonds. The van der Waals surface area contributed by atoms with Gasteiger partial charge in [-0.05, 0) is 32.8 Å². The van der Waals surface area contributed by atoms with Crippen molar-refractivity contribution in [1.29, 1.82) is 0 Å². The summed E-state index contributed by atoms with van der Waals surface area (Å²) in [6.07, 6.45) is 5.59. The quantitative estimate of drug-likeness (QED) is 0.740. The van der Waals surface area contributed by atoms with Gasteiger partial charge in [0.05, 0.1) is 5.75 Å². The summed E-state index contributed by atoms with van der Waals surface area (Å²) in [7, 11) is -3.33. The lowest BCUT2D eigenvalue weighted by atomic mass is 10.1. The van der Waals surface area contributed by atoms with Crippen molar-refractivity contribution in [3.8, 4) is 11.4 Å². The van der Waals surface area contributed by atoms with E-state index >= 15 is 0 Å². The van der Waals surface area contributed by atoms with Crippen LogP contribution >= 0.6 is 0 Å². The van der Waals surface area contributed by atoms with Crippen LogP contribution in [-0.4, -0.2) is 24.6 Å². The molecular formula is C17H23N3O3S. The highest BCUT2D eigenvalue weighted by atomic mass is 32.2. The van der Waals surface area contributed by atoms with E-state index in [1.165, 1.54) is 0 Å². The smallest absolute Gasteiger partial charge is 0.227 e. The lowest BCUT2D eigenvalue weighted by Crippen LogP contribution is -2.31. The first-order chi connectivity index (χ1) is 11.4. The van der Waals surface area contributed by atoms with E-state index in [0.717, 1.165) is 12.0 Å². The van der Waals surface area contributed by atoms with Crippen molar-refractivity contribution in [3.63, 3.8) is 0 Å². The maximum Gasteiger partial charge on any atom is 0.227 e. The monoisotopic (exact) mass is 349 g/mol. The number of nitrogens with zero attached hydrogens (tertiary/aromatic N) is 2. The van der Waals surface area contributed by atoms with Crippen LogP contribution in [0.2, 0.25) is 0 Å². The van der Waals surface area contributed by atoms with Gasteiger partial charge in [-0.3, -0.25) is 0 Å². The molecule has 0 radical (unpaired) electrons. The number of benzene rings is 1. The van der Waals surface area contributed by atoms with E-state index in [1.807, 2.05) is 19.1 Å². The van der Waals surface area contributed by atoms with Crippen molar-refractivity contribution < 1.29 is 12.9 Å². The average molecular weight is 349 g/mol. The molecule has 130 valence electrons. The van der Waals surface area contributed by atoms with Gasteiger partial charge in [0.15, 0.2) is 0 Å². The minimum atomic E-state index is -3.33. The first-order valence-electron chi connectivity index (χ1n) is 7.92. The Labute approximate surface area is 143 Å². The van der Waals surface area contributed by atoms with Crippen LogP contribution in [0.1, 0.15) is 38.6 Å². The molecule has 6 nitrogen and oxygen atoms in total. The summed E-state index contributed by atoms with van der Waals surface area (Å²) in [6, 6.07) is 7.03. The second kappa shape index (κ2) is 8.21. The van der Waals surface area contributed by atoms with Gasteiger partial charge in [-0.2, -0.15) is 4.98 Å². The van der Waals surface area contributed by atoms with Crippen molar-refractivity contribution in [1.82, 2.24) is 14.9 Å². The molecule has 0 saturated heterocycles. The zero-order valence-electron chi connectivity index (χ0n) is 14.2. The molecule has 7 heteroatoms. The van der Waals surface area contributed by atoms with E-state index in [2.05, 4.69) is 14.9 Å². The molecule has 1 aromatic heterocycles. The third-order valence-corrected chi connectivity index (χ3v) is 4.76. The van der Waals surface area contributed by atoms with Crippen molar-refractivity contribution in [3.05, 3.63) is 47.9 Å². The van der Waals surface area contributed by atoms with Gasteiger partial charge in [-0.25, -0.2) is 13.1 Å². The molecule has 0 atom stereocenters. The van der Waals surface area contributed by atoms with Crippen molar-refractivity contribution >= 4 is 10.0 Å². The van der Waals surface area contributed by atoms with Crippen LogP contribution in [-0.2, 0) is 22.2 Å². The number of aryl methyl sites for hydroxylation is 1. The number of allylic oxidation sites excluding steroid dienone is 2. The Bertz CT molecular complexity index is 778. The normalized spacial score (nSPS) is 12.3. The Morgan fingerprint density at radius 1 is 1.25 bits per heavy atom. The van der Waals surface area contributed by atoms with Gasteiger partial charge >= 0.3 is 0 Å². The van der Waals surface area contributed by atoms with Crippen molar-refractivity contribution in [2.45, 2.75) is 45.4 Å².